The Hall–Kier alpha value is -0.640. The van der Waals surface area contributed by atoms with Gasteiger partial charge in [0.2, 0.25) is 0 Å². The third-order valence-corrected chi connectivity index (χ3v) is 2.94. The van der Waals surface area contributed by atoms with E-state index in [-0.39, 0.29) is 0 Å². The van der Waals surface area contributed by atoms with Crippen LogP contribution >= 0.6 is 11.6 Å². The molecule has 1 atom stereocenters. The number of β-amino-alcohol motifs (C(OH)–C–C–N with tert-alkyl or cyclic N) is 1. The van der Waals surface area contributed by atoms with Gasteiger partial charge >= 0.3 is 0 Å². The average Bonchev–Trinajstić information content (AvgIpc) is 2.18. The lowest BCUT2D eigenvalue weighted by Crippen LogP contribution is -2.47. The monoisotopic (exact) mass is 226 g/mol. The molecule has 15 heavy (non-hydrogen) atoms. The maximum absolute atomic E-state index is 10.3. The summed E-state index contributed by atoms with van der Waals surface area (Å²) in [5.41, 5.74) is 0.198. The standard InChI is InChI=1S/C11H15ClN2O/c12-10-4-1-3-9(14-10)7-11(15)5-2-6-13-8-11/h1,3-4,13,15H,2,5-8H2. The summed E-state index contributed by atoms with van der Waals surface area (Å²) in [7, 11) is 0. The molecule has 2 heterocycles. The second-order valence-electron chi connectivity index (χ2n) is 4.13. The maximum Gasteiger partial charge on any atom is 0.129 e. The molecule has 1 aromatic heterocycles. The summed E-state index contributed by atoms with van der Waals surface area (Å²) in [4.78, 5) is 4.19. The van der Waals surface area contributed by atoms with Gasteiger partial charge in [0.15, 0.2) is 0 Å². The third-order valence-electron chi connectivity index (χ3n) is 2.73. The first kappa shape index (κ1) is 10.9. The summed E-state index contributed by atoms with van der Waals surface area (Å²) in [6.07, 6.45) is 2.41. The van der Waals surface area contributed by atoms with Crippen molar-refractivity contribution < 1.29 is 5.11 Å². The molecule has 0 aliphatic carbocycles. The second kappa shape index (κ2) is 4.47. The van der Waals surface area contributed by atoms with E-state index in [1.54, 1.807) is 6.07 Å². The summed E-state index contributed by atoms with van der Waals surface area (Å²) >= 11 is 5.80. The van der Waals surface area contributed by atoms with Crippen molar-refractivity contribution in [2.75, 3.05) is 13.1 Å². The molecule has 0 saturated carbocycles. The number of nitrogens with zero attached hydrogens (tertiary/aromatic N) is 1. The van der Waals surface area contributed by atoms with Crippen molar-refractivity contribution in [3.8, 4) is 0 Å². The Morgan fingerprint density at radius 2 is 2.40 bits per heavy atom. The number of aliphatic hydroxyl groups is 1. The highest BCUT2D eigenvalue weighted by molar-refractivity contribution is 6.29. The van der Waals surface area contributed by atoms with E-state index in [0.717, 1.165) is 25.1 Å². The van der Waals surface area contributed by atoms with E-state index in [1.165, 1.54) is 0 Å². The van der Waals surface area contributed by atoms with Crippen molar-refractivity contribution in [3.05, 3.63) is 29.0 Å². The van der Waals surface area contributed by atoms with Crippen LogP contribution in [0, 0.1) is 0 Å². The van der Waals surface area contributed by atoms with Gasteiger partial charge in [-0.25, -0.2) is 4.98 Å². The molecule has 1 aromatic rings. The number of nitrogens with one attached hydrogen (secondary N) is 1. The molecule has 1 unspecified atom stereocenters. The number of halogens is 1. The fourth-order valence-electron chi connectivity index (χ4n) is 1.99. The molecule has 0 amide bonds. The highest BCUT2D eigenvalue weighted by Crippen LogP contribution is 2.21. The number of aromatic nitrogens is 1. The zero-order chi connectivity index (χ0) is 10.7. The van der Waals surface area contributed by atoms with E-state index < -0.39 is 5.60 Å². The highest BCUT2D eigenvalue weighted by atomic mass is 35.5. The Bertz CT molecular complexity index is 337. The largest absolute Gasteiger partial charge is 0.388 e. The van der Waals surface area contributed by atoms with Gasteiger partial charge in [-0.2, -0.15) is 0 Å². The Labute approximate surface area is 94.5 Å². The van der Waals surface area contributed by atoms with Crippen molar-refractivity contribution in [2.45, 2.75) is 24.9 Å². The number of hydrogen-bond donors (Lipinski definition) is 2. The molecule has 3 nitrogen and oxygen atoms in total. The SMILES string of the molecule is OC1(Cc2cccc(Cl)n2)CCCNC1. The fraction of sp³-hybridized carbons (Fsp3) is 0.545. The van der Waals surface area contributed by atoms with Crippen molar-refractivity contribution >= 4 is 11.6 Å². The van der Waals surface area contributed by atoms with Gasteiger partial charge < -0.3 is 10.4 Å². The molecule has 0 radical (unpaired) electrons. The van der Waals surface area contributed by atoms with Crippen LogP contribution in [-0.2, 0) is 6.42 Å². The van der Waals surface area contributed by atoms with Gasteiger partial charge in [-0.05, 0) is 31.5 Å². The lowest BCUT2D eigenvalue weighted by Gasteiger charge is -2.32. The average molecular weight is 227 g/mol. The number of rotatable bonds is 2. The van der Waals surface area contributed by atoms with Crippen LogP contribution in [0.3, 0.4) is 0 Å². The molecule has 82 valence electrons. The van der Waals surface area contributed by atoms with Gasteiger partial charge in [-0.1, -0.05) is 17.7 Å². The van der Waals surface area contributed by atoms with Gasteiger partial charge in [0.25, 0.3) is 0 Å². The summed E-state index contributed by atoms with van der Waals surface area (Å²) in [6, 6.07) is 5.51. The Kier molecular flexibility index (Phi) is 3.24. The first-order valence-corrected chi connectivity index (χ1v) is 5.60. The molecule has 1 aliphatic rings. The number of hydrogen-bond acceptors (Lipinski definition) is 3. The second-order valence-corrected chi connectivity index (χ2v) is 4.52. The van der Waals surface area contributed by atoms with E-state index in [1.807, 2.05) is 12.1 Å². The van der Waals surface area contributed by atoms with Crippen molar-refractivity contribution in [1.82, 2.24) is 10.3 Å². The summed E-state index contributed by atoms with van der Waals surface area (Å²) in [6.45, 7) is 1.63. The minimum atomic E-state index is -0.657. The molecule has 0 bridgehead atoms. The van der Waals surface area contributed by atoms with Crippen LogP contribution in [0.5, 0.6) is 0 Å². The van der Waals surface area contributed by atoms with E-state index in [2.05, 4.69) is 10.3 Å². The predicted octanol–water partition coefficient (Wildman–Crippen LogP) is 1.39. The van der Waals surface area contributed by atoms with Gasteiger partial charge in [0.05, 0.1) is 5.60 Å². The molecule has 4 heteroatoms. The Morgan fingerprint density at radius 3 is 3.07 bits per heavy atom. The zero-order valence-electron chi connectivity index (χ0n) is 8.54. The van der Waals surface area contributed by atoms with Crippen LogP contribution in [0.25, 0.3) is 0 Å². The molecule has 2 rings (SSSR count). The highest BCUT2D eigenvalue weighted by Gasteiger charge is 2.29. The molecule has 1 fully saturated rings. The lowest BCUT2D eigenvalue weighted by atomic mass is 9.89. The van der Waals surface area contributed by atoms with Gasteiger partial charge in [-0.3, -0.25) is 0 Å². The van der Waals surface area contributed by atoms with Crippen molar-refractivity contribution in [3.63, 3.8) is 0 Å². The molecule has 1 aliphatic heterocycles. The fourth-order valence-corrected chi connectivity index (χ4v) is 2.17. The molecular formula is C11H15ClN2O. The van der Waals surface area contributed by atoms with Crippen LogP contribution < -0.4 is 5.32 Å². The van der Waals surface area contributed by atoms with Crippen LogP contribution in [0.4, 0.5) is 0 Å². The predicted molar refractivity (Wildman–Crippen MR) is 60.0 cm³/mol. The Balaban J connectivity index is 2.06. The molecule has 1 saturated heterocycles. The number of piperidine rings is 1. The van der Waals surface area contributed by atoms with E-state index in [0.29, 0.717) is 18.1 Å². The quantitative estimate of drug-likeness (QED) is 0.750. The minimum absolute atomic E-state index is 0.486. The maximum atomic E-state index is 10.3. The summed E-state index contributed by atoms with van der Waals surface area (Å²) in [5, 5.41) is 14.0. The Morgan fingerprint density at radius 1 is 1.53 bits per heavy atom. The molecule has 0 aromatic carbocycles. The van der Waals surface area contributed by atoms with E-state index >= 15 is 0 Å². The van der Waals surface area contributed by atoms with E-state index in [4.69, 9.17) is 11.6 Å². The van der Waals surface area contributed by atoms with Crippen molar-refractivity contribution in [2.24, 2.45) is 0 Å². The number of pyridine rings is 1. The first-order valence-electron chi connectivity index (χ1n) is 5.23. The lowest BCUT2D eigenvalue weighted by molar-refractivity contribution is 0.0161. The first-order chi connectivity index (χ1) is 7.18. The minimum Gasteiger partial charge on any atom is -0.388 e. The van der Waals surface area contributed by atoms with Crippen molar-refractivity contribution in [1.29, 1.82) is 0 Å². The van der Waals surface area contributed by atoms with E-state index in [9.17, 15) is 5.11 Å². The third kappa shape index (κ3) is 2.91. The zero-order valence-corrected chi connectivity index (χ0v) is 9.30. The van der Waals surface area contributed by atoms with Gasteiger partial charge in [0.1, 0.15) is 5.15 Å². The van der Waals surface area contributed by atoms with Crippen LogP contribution in [0.15, 0.2) is 18.2 Å². The topological polar surface area (TPSA) is 45.2 Å². The van der Waals surface area contributed by atoms with Crippen LogP contribution in [0.1, 0.15) is 18.5 Å². The summed E-state index contributed by atoms with van der Waals surface area (Å²) < 4.78 is 0. The summed E-state index contributed by atoms with van der Waals surface area (Å²) in [5.74, 6) is 0. The molecule has 0 spiro atoms. The van der Waals surface area contributed by atoms with Gasteiger partial charge in [0, 0.05) is 18.7 Å². The molecule has 2 N–H and O–H groups in total. The molecular weight excluding hydrogens is 212 g/mol. The van der Waals surface area contributed by atoms with Crippen LogP contribution in [0.2, 0.25) is 5.15 Å². The van der Waals surface area contributed by atoms with Crippen LogP contribution in [-0.4, -0.2) is 28.8 Å². The smallest absolute Gasteiger partial charge is 0.129 e. The normalized spacial score (nSPS) is 26.5. The van der Waals surface area contributed by atoms with Gasteiger partial charge in [-0.15, -0.1) is 0 Å².